The lowest BCUT2D eigenvalue weighted by Crippen LogP contribution is -2.29. The first kappa shape index (κ1) is 10.3. The summed E-state index contributed by atoms with van der Waals surface area (Å²) in [6.07, 6.45) is 0. The topological polar surface area (TPSA) is 55.1 Å². The van der Waals surface area contributed by atoms with Gasteiger partial charge in [-0.05, 0) is 22.2 Å². The Hall–Kier alpha value is -1.91. The molecule has 0 saturated heterocycles. The van der Waals surface area contributed by atoms with Gasteiger partial charge in [0, 0.05) is 4.70 Å². The van der Waals surface area contributed by atoms with Gasteiger partial charge in [-0.1, -0.05) is 36.4 Å². The predicted molar refractivity (Wildman–Crippen MR) is 71.0 cm³/mol. The number of benzene rings is 2. The van der Waals surface area contributed by atoms with Crippen LogP contribution in [0.1, 0.15) is 9.67 Å². The van der Waals surface area contributed by atoms with Gasteiger partial charge in [-0.25, -0.2) is 5.84 Å². The van der Waals surface area contributed by atoms with Crippen LogP contribution in [0.2, 0.25) is 0 Å². The summed E-state index contributed by atoms with van der Waals surface area (Å²) in [4.78, 5) is 12.1. The van der Waals surface area contributed by atoms with Gasteiger partial charge in [0.1, 0.15) is 0 Å². The first-order valence-electron chi connectivity index (χ1n) is 5.22. The molecule has 0 spiro atoms. The van der Waals surface area contributed by atoms with Crippen molar-refractivity contribution in [1.82, 2.24) is 5.43 Å². The normalized spacial score (nSPS) is 10.9. The third-order valence-electron chi connectivity index (χ3n) is 2.76. The summed E-state index contributed by atoms with van der Waals surface area (Å²) in [5.41, 5.74) is 2.16. The average Bonchev–Trinajstić information content (AvgIpc) is 2.82. The quantitative estimate of drug-likeness (QED) is 0.391. The van der Waals surface area contributed by atoms with E-state index >= 15 is 0 Å². The number of rotatable bonds is 1. The molecule has 0 bridgehead atoms. The number of carbonyl (C=O) groups excluding carboxylic acids is 1. The monoisotopic (exact) mass is 242 g/mol. The van der Waals surface area contributed by atoms with Gasteiger partial charge in [0.05, 0.1) is 4.88 Å². The number of hydrogen-bond acceptors (Lipinski definition) is 3. The van der Waals surface area contributed by atoms with Gasteiger partial charge >= 0.3 is 0 Å². The first-order valence-corrected chi connectivity index (χ1v) is 6.03. The molecule has 1 amide bonds. The Labute approximate surface area is 102 Å². The van der Waals surface area contributed by atoms with Gasteiger partial charge in [-0.15, -0.1) is 11.3 Å². The van der Waals surface area contributed by atoms with E-state index in [1.807, 2.05) is 24.3 Å². The molecule has 4 heteroatoms. The van der Waals surface area contributed by atoms with Gasteiger partial charge in [0.2, 0.25) is 0 Å². The van der Waals surface area contributed by atoms with E-state index in [4.69, 9.17) is 5.84 Å². The molecule has 0 unspecified atom stereocenters. The number of hydrogen-bond donors (Lipinski definition) is 2. The minimum Gasteiger partial charge on any atom is -0.289 e. The summed E-state index contributed by atoms with van der Waals surface area (Å²) >= 11 is 1.47. The molecule has 0 aliphatic heterocycles. The van der Waals surface area contributed by atoms with Crippen molar-refractivity contribution in [2.24, 2.45) is 5.84 Å². The lowest BCUT2D eigenvalue weighted by Gasteiger charge is -1.97. The molecule has 0 aliphatic rings. The van der Waals surface area contributed by atoms with Gasteiger partial charge in [0.25, 0.3) is 5.91 Å². The number of thiophene rings is 1. The molecule has 3 N–H and O–H groups in total. The molecule has 0 radical (unpaired) electrons. The Balaban J connectivity index is 2.35. The highest BCUT2D eigenvalue weighted by Crippen LogP contribution is 2.32. The number of fused-ring (bicyclic) bond motifs is 3. The second-order valence-electron chi connectivity index (χ2n) is 3.79. The number of amides is 1. The molecule has 1 heterocycles. The number of carbonyl (C=O) groups is 1. The molecular formula is C13H10N2OS. The Bertz CT molecular complexity index is 718. The summed E-state index contributed by atoms with van der Waals surface area (Å²) in [5.74, 6) is 4.91. The van der Waals surface area contributed by atoms with Gasteiger partial charge in [-0.2, -0.15) is 0 Å². The fraction of sp³-hybridized carbons (Fsp3) is 0. The van der Waals surface area contributed by atoms with Crippen LogP contribution in [0.3, 0.4) is 0 Å². The number of hydrazine groups is 1. The van der Waals surface area contributed by atoms with E-state index < -0.39 is 0 Å². The molecule has 1 aromatic heterocycles. The Morgan fingerprint density at radius 2 is 1.88 bits per heavy atom. The highest BCUT2D eigenvalue weighted by atomic mass is 32.1. The SMILES string of the molecule is NNC(=O)c1cc2ccc3ccccc3c2s1. The third-order valence-corrected chi connectivity index (χ3v) is 3.95. The molecule has 3 rings (SSSR count). The van der Waals surface area contributed by atoms with Crippen molar-refractivity contribution < 1.29 is 4.79 Å². The van der Waals surface area contributed by atoms with Crippen LogP contribution in [-0.2, 0) is 0 Å². The Morgan fingerprint density at radius 1 is 1.12 bits per heavy atom. The number of nitrogens with one attached hydrogen (secondary N) is 1. The van der Waals surface area contributed by atoms with Crippen molar-refractivity contribution in [3.63, 3.8) is 0 Å². The van der Waals surface area contributed by atoms with Crippen LogP contribution in [0.15, 0.2) is 42.5 Å². The minimum absolute atomic E-state index is 0.240. The Kier molecular flexibility index (Phi) is 2.31. The smallest absolute Gasteiger partial charge is 0.275 e. The molecule has 0 fully saturated rings. The zero-order chi connectivity index (χ0) is 11.8. The molecule has 3 aromatic rings. The van der Waals surface area contributed by atoms with Crippen LogP contribution < -0.4 is 11.3 Å². The maximum Gasteiger partial charge on any atom is 0.275 e. The lowest BCUT2D eigenvalue weighted by molar-refractivity contribution is 0.0958. The molecular weight excluding hydrogens is 232 g/mol. The summed E-state index contributed by atoms with van der Waals surface area (Å²) in [5, 5.41) is 3.43. The zero-order valence-corrected chi connectivity index (χ0v) is 9.75. The summed E-state index contributed by atoms with van der Waals surface area (Å²) in [6, 6.07) is 14.1. The summed E-state index contributed by atoms with van der Waals surface area (Å²) in [7, 11) is 0. The fourth-order valence-corrected chi connectivity index (χ4v) is 3.05. The van der Waals surface area contributed by atoms with E-state index in [1.54, 1.807) is 0 Å². The zero-order valence-electron chi connectivity index (χ0n) is 8.94. The van der Waals surface area contributed by atoms with Crippen LogP contribution in [0, 0.1) is 0 Å². The third kappa shape index (κ3) is 1.58. The predicted octanol–water partition coefficient (Wildman–Crippen LogP) is 2.66. The van der Waals surface area contributed by atoms with Crippen LogP contribution in [0.25, 0.3) is 20.9 Å². The van der Waals surface area contributed by atoms with Crippen molar-refractivity contribution in [1.29, 1.82) is 0 Å². The second-order valence-corrected chi connectivity index (χ2v) is 4.84. The minimum atomic E-state index is -0.240. The molecule has 0 aliphatic carbocycles. The lowest BCUT2D eigenvalue weighted by atomic mass is 10.1. The average molecular weight is 242 g/mol. The van der Waals surface area contributed by atoms with Crippen molar-refractivity contribution in [2.45, 2.75) is 0 Å². The van der Waals surface area contributed by atoms with Gasteiger partial charge < -0.3 is 0 Å². The highest BCUT2D eigenvalue weighted by Gasteiger charge is 2.10. The van der Waals surface area contributed by atoms with Crippen LogP contribution in [-0.4, -0.2) is 5.91 Å². The highest BCUT2D eigenvalue weighted by molar-refractivity contribution is 7.21. The number of nitrogens with two attached hydrogens (primary N) is 1. The van der Waals surface area contributed by atoms with Gasteiger partial charge in [-0.3, -0.25) is 10.2 Å². The molecule has 0 atom stereocenters. The first-order chi connectivity index (χ1) is 8.29. The van der Waals surface area contributed by atoms with Crippen LogP contribution >= 0.6 is 11.3 Å². The van der Waals surface area contributed by atoms with E-state index in [9.17, 15) is 4.79 Å². The summed E-state index contributed by atoms with van der Waals surface area (Å²) < 4.78 is 1.13. The van der Waals surface area contributed by atoms with Crippen molar-refractivity contribution >= 4 is 38.1 Å². The number of nitrogen functional groups attached to an aromatic ring is 1. The summed E-state index contributed by atoms with van der Waals surface area (Å²) in [6.45, 7) is 0. The maximum absolute atomic E-state index is 11.5. The molecule has 2 aromatic carbocycles. The van der Waals surface area contributed by atoms with Crippen LogP contribution in [0.4, 0.5) is 0 Å². The van der Waals surface area contributed by atoms with E-state index in [1.165, 1.54) is 22.1 Å². The van der Waals surface area contributed by atoms with E-state index in [-0.39, 0.29) is 5.91 Å². The molecule has 0 saturated carbocycles. The maximum atomic E-state index is 11.5. The van der Waals surface area contributed by atoms with Crippen LogP contribution in [0.5, 0.6) is 0 Å². The molecule has 3 nitrogen and oxygen atoms in total. The van der Waals surface area contributed by atoms with E-state index in [0.717, 1.165) is 10.1 Å². The van der Waals surface area contributed by atoms with Crippen molar-refractivity contribution in [3.8, 4) is 0 Å². The molecule has 84 valence electrons. The fourth-order valence-electron chi connectivity index (χ4n) is 1.95. The molecule has 17 heavy (non-hydrogen) atoms. The van der Waals surface area contributed by atoms with Crippen molar-refractivity contribution in [2.75, 3.05) is 0 Å². The van der Waals surface area contributed by atoms with E-state index in [2.05, 4.69) is 23.6 Å². The van der Waals surface area contributed by atoms with E-state index in [0.29, 0.717) is 4.88 Å². The standard InChI is InChI=1S/C13H10N2OS/c14-15-13(16)11-7-9-6-5-8-3-1-2-4-10(8)12(9)17-11/h1-7H,14H2,(H,15,16). The second kappa shape index (κ2) is 3.84. The van der Waals surface area contributed by atoms with Crippen molar-refractivity contribution in [3.05, 3.63) is 47.3 Å². The Morgan fingerprint density at radius 3 is 2.71 bits per heavy atom. The van der Waals surface area contributed by atoms with Gasteiger partial charge in [0.15, 0.2) is 0 Å². The largest absolute Gasteiger partial charge is 0.289 e.